The summed E-state index contributed by atoms with van der Waals surface area (Å²) in [6, 6.07) is 12.3. The Bertz CT molecular complexity index is 743. The molecule has 2 aromatic carbocycles. The van der Waals surface area contributed by atoms with Gasteiger partial charge in [0.25, 0.3) is 10.0 Å². The van der Waals surface area contributed by atoms with Crippen molar-refractivity contribution in [1.29, 1.82) is 0 Å². The summed E-state index contributed by atoms with van der Waals surface area (Å²) in [4.78, 5) is 1.11. The van der Waals surface area contributed by atoms with Gasteiger partial charge >= 0.3 is 0 Å². The first-order valence-electron chi connectivity index (χ1n) is 6.43. The van der Waals surface area contributed by atoms with Crippen molar-refractivity contribution in [2.75, 3.05) is 11.0 Å². The molecule has 0 fully saturated rings. The average molecular weight is 322 g/mol. The molecule has 0 aliphatic carbocycles. The molecule has 2 rings (SSSR count). The van der Waals surface area contributed by atoms with Crippen molar-refractivity contribution < 1.29 is 8.42 Å². The van der Waals surface area contributed by atoms with E-state index in [0.29, 0.717) is 12.2 Å². The zero-order valence-electron chi connectivity index (χ0n) is 12.0. The van der Waals surface area contributed by atoms with E-state index >= 15 is 0 Å². The Balaban J connectivity index is 2.38. The van der Waals surface area contributed by atoms with Crippen molar-refractivity contribution in [1.82, 2.24) is 0 Å². The highest BCUT2D eigenvalue weighted by Crippen LogP contribution is 2.27. The van der Waals surface area contributed by atoms with E-state index in [1.807, 2.05) is 25.3 Å². The zero-order chi connectivity index (χ0) is 15.5. The molecule has 0 amide bonds. The molecule has 3 N–H and O–H groups in total. The molecule has 6 heteroatoms. The summed E-state index contributed by atoms with van der Waals surface area (Å²) in [5, 5.41) is 0. The summed E-state index contributed by atoms with van der Waals surface area (Å²) in [6.45, 7) is 2.23. The summed E-state index contributed by atoms with van der Waals surface area (Å²) >= 11 is 1.49. The number of benzene rings is 2. The molecule has 0 aromatic heterocycles. The molecule has 21 heavy (non-hydrogen) atoms. The molecule has 0 bridgehead atoms. The number of anilines is 1. The molecule has 2 aromatic rings. The van der Waals surface area contributed by atoms with Crippen molar-refractivity contribution >= 4 is 27.5 Å². The van der Waals surface area contributed by atoms with Gasteiger partial charge in [0, 0.05) is 11.4 Å². The zero-order valence-corrected chi connectivity index (χ0v) is 13.6. The Morgan fingerprint density at radius 2 is 1.90 bits per heavy atom. The summed E-state index contributed by atoms with van der Waals surface area (Å²) < 4.78 is 27.6. The molecule has 0 atom stereocenters. The van der Waals surface area contributed by atoms with E-state index in [1.54, 1.807) is 30.3 Å². The second-order valence-corrected chi connectivity index (χ2v) is 7.13. The number of thioether (sulfide) groups is 1. The molecule has 0 radical (unpaired) electrons. The van der Waals surface area contributed by atoms with Crippen molar-refractivity contribution in [3.8, 4) is 0 Å². The predicted octanol–water partition coefficient (Wildman–Crippen LogP) is 2.98. The number of nitrogens with two attached hydrogens (primary N) is 1. The molecule has 0 saturated carbocycles. The molecule has 0 aliphatic heterocycles. The first kappa shape index (κ1) is 15.9. The second-order valence-electron chi connectivity index (χ2n) is 4.60. The van der Waals surface area contributed by atoms with Gasteiger partial charge < -0.3 is 5.73 Å². The average Bonchev–Trinajstić information content (AvgIpc) is 2.47. The van der Waals surface area contributed by atoms with Crippen LogP contribution in [0.3, 0.4) is 0 Å². The van der Waals surface area contributed by atoms with Crippen LogP contribution in [0.4, 0.5) is 5.69 Å². The van der Waals surface area contributed by atoms with Gasteiger partial charge in [0.2, 0.25) is 0 Å². The summed E-state index contributed by atoms with van der Waals surface area (Å²) in [7, 11) is -3.61. The SMILES string of the molecule is CSc1ccccc1NS(=O)(=O)c1ccc(C)c(CN)c1. The van der Waals surface area contributed by atoms with Crippen LogP contribution in [-0.4, -0.2) is 14.7 Å². The molecule has 0 heterocycles. The van der Waals surface area contributed by atoms with Gasteiger partial charge in [-0.15, -0.1) is 11.8 Å². The van der Waals surface area contributed by atoms with Crippen LogP contribution >= 0.6 is 11.8 Å². The number of aryl methyl sites for hydroxylation is 1. The standard InChI is InChI=1S/C15H18N2O2S2/c1-11-7-8-13(9-12(11)10-16)21(18,19)17-14-5-3-4-6-15(14)20-2/h3-9,17H,10,16H2,1-2H3. The third-order valence-electron chi connectivity index (χ3n) is 3.20. The monoisotopic (exact) mass is 322 g/mol. The minimum atomic E-state index is -3.61. The van der Waals surface area contributed by atoms with Gasteiger partial charge in [-0.25, -0.2) is 8.42 Å². The van der Waals surface area contributed by atoms with E-state index in [2.05, 4.69) is 4.72 Å². The molecule has 0 unspecified atom stereocenters. The van der Waals surface area contributed by atoms with Crippen LogP contribution in [0.2, 0.25) is 0 Å². The second kappa shape index (κ2) is 6.51. The van der Waals surface area contributed by atoms with Gasteiger partial charge in [-0.3, -0.25) is 4.72 Å². The van der Waals surface area contributed by atoms with E-state index in [9.17, 15) is 8.42 Å². The number of hydrogen-bond acceptors (Lipinski definition) is 4. The van der Waals surface area contributed by atoms with E-state index in [1.165, 1.54) is 11.8 Å². The lowest BCUT2D eigenvalue weighted by Crippen LogP contribution is -2.14. The highest BCUT2D eigenvalue weighted by Gasteiger charge is 2.16. The van der Waals surface area contributed by atoms with Crippen LogP contribution in [-0.2, 0) is 16.6 Å². The lowest BCUT2D eigenvalue weighted by atomic mass is 10.1. The molecule has 4 nitrogen and oxygen atoms in total. The number of hydrogen-bond donors (Lipinski definition) is 2. The number of nitrogens with one attached hydrogen (secondary N) is 1. The van der Waals surface area contributed by atoms with Gasteiger partial charge in [0.05, 0.1) is 10.6 Å². The Labute approximate surface area is 129 Å². The van der Waals surface area contributed by atoms with Crippen molar-refractivity contribution in [2.45, 2.75) is 23.3 Å². The fraction of sp³-hybridized carbons (Fsp3) is 0.200. The van der Waals surface area contributed by atoms with Gasteiger partial charge in [-0.1, -0.05) is 18.2 Å². The normalized spacial score (nSPS) is 11.4. The van der Waals surface area contributed by atoms with E-state index < -0.39 is 10.0 Å². The fourth-order valence-corrected chi connectivity index (χ4v) is 3.72. The topological polar surface area (TPSA) is 72.2 Å². The molecular formula is C15H18N2O2S2. The minimum absolute atomic E-state index is 0.226. The summed E-state index contributed by atoms with van der Waals surface area (Å²) in [5.74, 6) is 0. The number of sulfonamides is 1. The first-order valence-corrected chi connectivity index (χ1v) is 9.14. The third kappa shape index (κ3) is 3.58. The molecule has 0 spiro atoms. The predicted molar refractivity (Wildman–Crippen MR) is 88.1 cm³/mol. The van der Waals surface area contributed by atoms with Gasteiger partial charge in [-0.05, 0) is 48.6 Å². The largest absolute Gasteiger partial charge is 0.326 e. The molecule has 112 valence electrons. The Morgan fingerprint density at radius 1 is 1.19 bits per heavy atom. The Morgan fingerprint density at radius 3 is 2.57 bits per heavy atom. The van der Waals surface area contributed by atoms with Crippen LogP contribution in [0, 0.1) is 6.92 Å². The smallest absolute Gasteiger partial charge is 0.261 e. The summed E-state index contributed by atoms with van der Waals surface area (Å²) in [5.41, 5.74) is 8.04. The number of rotatable bonds is 5. The van der Waals surface area contributed by atoms with Crippen LogP contribution < -0.4 is 10.5 Å². The van der Waals surface area contributed by atoms with Crippen molar-refractivity contribution in [3.63, 3.8) is 0 Å². The van der Waals surface area contributed by atoms with Gasteiger partial charge in [0.15, 0.2) is 0 Å². The van der Waals surface area contributed by atoms with Gasteiger partial charge in [0.1, 0.15) is 0 Å². The Hall–Kier alpha value is -1.50. The van der Waals surface area contributed by atoms with Crippen LogP contribution in [0.15, 0.2) is 52.3 Å². The van der Waals surface area contributed by atoms with Crippen molar-refractivity contribution in [3.05, 3.63) is 53.6 Å². The van der Waals surface area contributed by atoms with Gasteiger partial charge in [-0.2, -0.15) is 0 Å². The maximum absolute atomic E-state index is 12.5. The van der Waals surface area contributed by atoms with Crippen molar-refractivity contribution in [2.24, 2.45) is 5.73 Å². The lowest BCUT2D eigenvalue weighted by molar-refractivity contribution is 0.601. The minimum Gasteiger partial charge on any atom is -0.326 e. The highest BCUT2D eigenvalue weighted by molar-refractivity contribution is 7.99. The van der Waals surface area contributed by atoms with Crippen LogP contribution in [0.5, 0.6) is 0 Å². The Kier molecular flexibility index (Phi) is 4.92. The molecule has 0 saturated heterocycles. The molecular weight excluding hydrogens is 304 g/mol. The third-order valence-corrected chi connectivity index (χ3v) is 5.36. The summed E-state index contributed by atoms with van der Waals surface area (Å²) in [6.07, 6.45) is 1.91. The maximum Gasteiger partial charge on any atom is 0.261 e. The van der Waals surface area contributed by atoms with Crippen LogP contribution in [0.25, 0.3) is 0 Å². The number of para-hydroxylation sites is 1. The quantitative estimate of drug-likeness (QED) is 0.830. The maximum atomic E-state index is 12.5. The fourth-order valence-electron chi connectivity index (χ4n) is 1.97. The van der Waals surface area contributed by atoms with Crippen LogP contribution in [0.1, 0.15) is 11.1 Å². The van der Waals surface area contributed by atoms with E-state index in [4.69, 9.17) is 5.73 Å². The van der Waals surface area contributed by atoms with E-state index in [-0.39, 0.29) is 4.90 Å². The molecule has 0 aliphatic rings. The van der Waals surface area contributed by atoms with E-state index in [0.717, 1.165) is 16.0 Å². The highest BCUT2D eigenvalue weighted by atomic mass is 32.2. The lowest BCUT2D eigenvalue weighted by Gasteiger charge is -2.12. The first-order chi connectivity index (χ1) is 9.97.